The highest BCUT2D eigenvalue weighted by molar-refractivity contribution is 5.85. The molecule has 3 nitrogen and oxygen atoms in total. The van der Waals surface area contributed by atoms with E-state index in [4.69, 9.17) is 0 Å². The summed E-state index contributed by atoms with van der Waals surface area (Å²) in [4.78, 5) is 17.4. The Morgan fingerprint density at radius 3 is 2.78 bits per heavy atom. The van der Waals surface area contributed by atoms with E-state index in [1.54, 1.807) is 0 Å². The van der Waals surface area contributed by atoms with Crippen LogP contribution in [0.3, 0.4) is 0 Å². The van der Waals surface area contributed by atoms with E-state index >= 15 is 0 Å². The van der Waals surface area contributed by atoms with Crippen LogP contribution in [-0.4, -0.2) is 9.97 Å². The van der Waals surface area contributed by atoms with Gasteiger partial charge >= 0.3 is 0 Å². The molecule has 0 aliphatic rings. The zero-order valence-corrected chi connectivity index (χ0v) is 5.34. The van der Waals surface area contributed by atoms with Crippen molar-refractivity contribution >= 4 is 12.4 Å². The molecule has 0 saturated heterocycles. The van der Waals surface area contributed by atoms with Gasteiger partial charge in [-0.3, -0.25) is 9.78 Å². The van der Waals surface area contributed by atoms with Crippen LogP contribution in [-0.2, 0) is 0 Å². The Morgan fingerprint density at radius 1 is 1.22 bits per heavy atom. The lowest BCUT2D eigenvalue weighted by molar-refractivity contribution is 1.27. The summed E-state index contributed by atoms with van der Waals surface area (Å²) in [6, 6.07) is 1.31. The number of hydrogen-bond donors (Lipinski definition) is 0. The Hall–Kier alpha value is -0.960. The minimum absolute atomic E-state index is 0. The summed E-state index contributed by atoms with van der Waals surface area (Å²) in [6.45, 7) is 0. The van der Waals surface area contributed by atoms with E-state index in [-0.39, 0.29) is 18.0 Å². The largest absolute Gasteiger partial charge is 0.271 e. The van der Waals surface area contributed by atoms with Crippen LogP contribution in [0.15, 0.2) is 29.5 Å². The zero-order valence-electron chi connectivity index (χ0n) is 4.52. The molecule has 9 heavy (non-hydrogen) atoms. The van der Waals surface area contributed by atoms with Crippen LogP contribution in [0, 0.1) is 0 Å². The highest BCUT2D eigenvalue weighted by Gasteiger charge is 1.71. The standard InChI is InChI=1S/C5H4N2O.ClH/c8-5-1-2-6-3-4-7-5;/h1-4H;1H. The van der Waals surface area contributed by atoms with Crippen molar-refractivity contribution in [2.45, 2.75) is 0 Å². The van der Waals surface area contributed by atoms with Crippen LogP contribution in [0.1, 0.15) is 0 Å². The molecular formula is C5H5ClN2O. The SMILES string of the molecule is Cl.O=c1ccnccn1. The summed E-state index contributed by atoms with van der Waals surface area (Å²) in [5.74, 6) is 0. The maximum absolute atomic E-state index is 10.3. The van der Waals surface area contributed by atoms with Gasteiger partial charge in [0.05, 0.1) is 0 Å². The van der Waals surface area contributed by atoms with Gasteiger partial charge in [0.25, 0.3) is 5.56 Å². The normalized spacial score (nSPS) is 7.56. The summed E-state index contributed by atoms with van der Waals surface area (Å²) in [7, 11) is 0. The Balaban J connectivity index is 0.000000640. The van der Waals surface area contributed by atoms with Crippen molar-refractivity contribution in [3.8, 4) is 0 Å². The quantitative estimate of drug-likeness (QED) is 0.525. The van der Waals surface area contributed by atoms with Crippen molar-refractivity contribution in [2.75, 3.05) is 0 Å². The fourth-order valence-corrected chi connectivity index (χ4v) is 0.345. The molecule has 0 fully saturated rings. The minimum Gasteiger partial charge on any atom is -0.267 e. The maximum Gasteiger partial charge on any atom is 0.271 e. The molecule has 0 aromatic carbocycles. The fraction of sp³-hybridized carbons (Fsp3) is 0. The van der Waals surface area contributed by atoms with E-state index in [9.17, 15) is 4.79 Å². The topological polar surface area (TPSA) is 42.9 Å². The van der Waals surface area contributed by atoms with E-state index < -0.39 is 0 Å². The number of halogens is 1. The number of rotatable bonds is 0. The van der Waals surface area contributed by atoms with Gasteiger partial charge in [-0.15, -0.1) is 12.4 Å². The lowest BCUT2D eigenvalue weighted by Gasteiger charge is -1.55. The van der Waals surface area contributed by atoms with Crippen LogP contribution >= 0.6 is 12.4 Å². The summed E-state index contributed by atoms with van der Waals surface area (Å²) in [5, 5.41) is 0. The molecule has 0 spiro atoms. The molecular weight excluding hydrogens is 140 g/mol. The number of hydrogen-bond acceptors (Lipinski definition) is 3. The van der Waals surface area contributed by atoms with Gasteiger partial charge < -0.3 is 0 Å². The van der Waals surface area contributed by atoms with Gasteiger partial charge in [-0.2, -0.15) is 0 Å². The highest BCUT2D eigenvalue weighted by atomic mass is 35.5. The van der Waals surface area contributed by atoms with Crippen LogP contribution in [0.4, 0.5) is 0 Å². The Labute approximate surface area is 58.2 Å². The van der Waals surface area contributed by atoms with Crippen LogP contribution in [0.5, 0.6) is 0 Å². The highest BCUT2D eigenvalue weighted by Crippen LogP contribution is 1.61. The molecule has 48 valence electrons. The Morgan fingerprint density at radius 2 is 2.00 bits per heavy atom. The van der Waals surface area contributed by atoms with Crippen molar-refractivity contribution in [1.29, 1.82) is 0 Å². The molecule has 0 bridgehead atoms. The maximum atomic E-state index is 10.3. The molecule has 0 saturated carbocycles. The lowest BCUT2D eigenvalue weighted by Crippen LogP contribution is -1.95. The second-order valence-corrected chi connectivity index (χ2v) is 1.23. The third-order valence-corrected chi connectivity index (χ3v) is 0.658. The van der Waals surface area contributed by atoms with E-state index in [0.29, 0.717) is 0 Å². The zero-order chi connectivity index (χ0) is 5.82. The molecule has 1 aromatic rings. The molecule has 1 aromatic heterocycles. The second kappa shape index (κ2) is 3.97. The second-order valence-electron chi connectivity index (χ2n) is 1.23. The Kier molecular flexibility index (Phi) is 3.55. The Bertz CT molecular complexity index is 206. The first-order valence-corrected chi connectivity index (χ1v) is 2.16. The first kappa shape index (κ1) is 8.04. The smallest absolute Gasteiger partial charge is 0.267 e. The van der Waals surface area contributed by atoms with Crippen LogP contribution in [0.25, 0.3) is 0 Å². The molecule has 0 unspecified atom stereocenters. The average molecular weight is 145 g/mol. The van der Waals surface area contributed by atoms with E-state index in [1.807, 2.05) is 0 Å². The predicted molar refractivity (Wildman–Crippen MR) is 35.6 cm³/mol. The lowest BCUT2D eigenvalue weighted by atomic mass is 10.7. The van der Waals surface area contributed by atoms with Crippen molar-refractivity contribution in [2.24, 2.45) is 0 Å². The van der Waals surface area contributed by atoms with Crippen molar-refractivity contribution in [3.05, 3.63) is 35.0 Å². The molecule has 1 rings (SSSR count). The first-order chi connectivity index (χ1) is 3.89. The predicted octanol–water partition coefficient (Wildman–Crippen LogP) is 0.259. The average Bonchev–Trinajstić information content (AvgIpc) is 1.94. The van der Waals surface area contributed by atoms with Crippen LogP contribution in [0.2, 0.25) is 0 Å². The van der Waals surface area contributed by atoms with Gasteiger partial charge in [0.1, 0.15) is 0 Å². The van der Waals surface area contributed by atoms with E-state index in [1.165, 1.54) is 24.7 Å². The molecule has 0 atom stereocenters. The first-order valence-electron chi connectivity index (χ1n) is 2.16. The third kappa shape index (κ3) is 2.77. The van der Waals surface area contributed by atoms with Gasteiger partial charge in [0, 0.05) is 24.7 Å². The summed E-state index contributed by atoms with van der Waals surface area (Å²) in [6.07, 6.45) is 4.24. The molecule has 0 aliphatic carbocycles. The molecule has 0 radical (unpaired) electrons. The summed E-state index contributed by atoms with van der Waals surface area (Å²) >= 11 is 0. The fourth-order valence-electron chi connectivity index (χ4n) is 0.345. The van der Waals surface area contributed by atoms with Gasteiger partial charge in [0.2, 0.25) is 0 Å². The molecule has 0 amide bonds. The number of aromatic nitrogens is 2. The summed E-state index contributed by atoms with van der Waals surface area (Å²) in [5.41, 5.74) is -0.262. The third-order valence-electron chi connectivity index (χ3n) is 0.658. The van der Waals surface area contributed by atoms with E-state index in [0.717, 1.165) is 0 Å². The van der Waals surface area contributed by atoms with Crippen molar-refractivity contribution in [3.63, 3.8) is 0 Å². The summed E-state index contributed by atoms with van der Waals surface area (Å²) < 4.78 is 0. The molecule has 0 aliphatic heterocycles. The van der Waals surface area contributed by atoms with Crippen molar-refractivity contribution in [1.82, 2.24) is 9.97 Å². The minimum atomic E-state index is -0.262. The molecule has 4 heteroatoms. The van der Waals surface area contributed by atoms with Gasteiger partial charge in [0.15, 0.2) is 0 Å². The van der Waals surface area contributed by atoms with Gasteiger partial charge in [-0.05, 0) is 0 Å². The van der Waals surface area contributed by atoms with Crippen LogP contribution < -0.4 is 5.56 Å². The monoisotopic (exact) mass is 144 g/mol. The van der Waals surface area contributed by atoms with Crippen molar-refractivity contribution < 1.29 is 0 Å². The van der Waals surface area contributed by atoms with Gasteiger partial charge in [-0.1, -0.05) is 0 Å². The molecule has 0 N–H and O–H groups in total. The molecule has 1 heterocycles. The van der Waals surface area contributed by atoms with Gasteiger partial charge in [-0.25, -0.2) is 4.98 Å². The number of nitrogens with zero attached hydrogens (tertiary/aromatic N) is 2. The van der Waals surface area contributed by atoms with E-state index in [2.05, 4.69) is 9.97 Å².